The first-order valence-corrected chi connectivity index (χ1v) is 6.43. The molecule has 3 rings (SSSR count). The van der Waals surface area contributed by atoms with Crippen molar-refractivity contribution in [1.29, 1.82) is 0 Å². The summed E-state index contributed by atoms with van der Waals surface area (Å²) in [7, 11) is 0. The second kappa shape index (κ2) is 3.95. The minimum atomic E-state index is -0.817. The summed E-state index contributed by atoms with van der Waals surface area (Å²) in [5.41, 5.74) is 2.41. The lowest BCUT2D eigenvalue weighted by Crippen LogP contribution is -2.16. The van der Waals surface area contributed by atoms with E-state index in [1.165, 1.54) is 18.5 Å². The van der Waals surface area contributed by atoms with Crippen LogP contribution in [0.5, 0.6) is 0 Å². The van der Waals surface area contributed by atoms with Crippen molar-refractivity contribution in [3.63, 3.8) is 0 Å². The zero-order valence-electron chi connectivity index (χ0n) is 10.8. The van der Waals surface area contributed by atoms with Gasteiger partial charge in [-0.05, 0) is 50.5 Å². The van der Waals surface area contributed by atoms with Crippen molar-refractivity contribution in [2.75, 3.05) is 0 Å². The van der Waals surface area contributed by atoms with E-state index in [1.54, 1.807) is 13.8 Å². The molecule has 0 saturated heterocycles. The largest absolute Gasteiger partial charge is 0.386 e. The number of aliphatic hydroxyl groups is 1. The normalized spacial score (nSPS) is 15.9. The van der Waals surface area contributed by atoms with E-state index in [9.17, 15) is 5.11 Å². The van der Waals surface area contributed by atoms with Gasteiger partial charge < -0.3 is 5.11 Å². The van der Waals surface area contributed by atoms with E-state index in [-0.39, 0.29) is 0 Å². The van der Waals surface area contributed by atoms with E-state index in [2.05, 4.69) is 11.2 Å². The summed E-state index contributed by atoms with van der Waals surface area (Å²) in [6.45, 7) is 3.61. The molecule has 3 nitrogen and oxygen atoms in total. The molecule has 1 aromatic heterocycles. The zero-order chi connectivity index (χ0) is 12.8. The van der Waals surface area contributed by atoms with Gasteiger partial charge in [0, 0.05) is 17.8 Å². The van der Waals surface area contributed by atoms with Crippen molar-refractivity contribution in [2.45, 2.75) is 38.2 Å². The van der Waals surface area contributed by atoms with Gasteiger partial charge in [-0.1, -0.05) is 12.1 Å². The summed E-state index contributed by atoms with van der Waals surface area (Å²) in [6, 6.07) is 10.1. The molecule has 3 heteroatoms. The molecular formula is C15H18N2O. The Bertz CT molecular complexity index is 562. The third kappa shape index (κ3) is 2.06. The summed E-state index contributed by atoms with van der Waals surface area (Å²) in [5, 5.41) is 14.5. The molecule has 0 atom stereocenters. The highest BCUT2D eigenvalue weighted by Crippen LogP contribution is 2.40. The Kier molecular flexibility index (Phi) is 2.52. The Morgan fingerprint density at radius 1 is 1.28 bits per heavy atom. The Morgan fingerprint density at radius 2 is 2.06 bits per heavy atom. The minimum absolute atomic E-state index is 0.665. The number of rotatable bonds is 3. The molecule has 18 heavy (non-hydrogen) atoms. The molecule has 0 spiro atoms. The van der Waals surface area contributed by atoms with Gasteiger partial charge in [0.05, 0.1) is 11.3 Å². The lowest BCUT2D eigenvalue weighted by atomic mass is 9.98. The van der Waals surface area contributed by atoms with Gasteiger partial charge in [-0.2, -0.15) is 5.10 Å². The highest BCUT2D eigenvalue weighted by atomic mass is 16.3. The highest BCUT2D eigenvalue weighted by molar-refractivity contribution is 5.39. The van der Waals surface area contributed by atoms with E-state index in [0.717, 1.165) is 11.3 Å². The number of nitrogens with zero attached hydrogens (tertiary/aromatic N) is 2. The van der Waals surface area contributed by atoms with E-state index in [0.29, 0.717) is 5.92 Å². The maximum atomic E-state index is 10.1. The third-order valence-electron chi connectivity index (χ3n) is 3.46. The molecule has 0 bridgehead atoms. The van der Waals surface area contributed by atoms with Crippen LogP contribution >= 0.6 is 0 Å². The van der Waals surface area contributed by atoms with Crippen LogP contribution in [0.1, 0.15) is 43.9 Å². The van der Waals surface area contributed by atoms with Crippen LogP contribution in [0.2, 0.25) is 0 Å². The van der Waals surface area contributed by atoms with Gasteiger partial charge in [0.2, 0.25) is 0 Å². The predicted octanol–water partition coefficient (Wildman–Crippen LogP) is 2.98. The van der Waals surface area contributed by atoms with Crippen molar-refractivity contribution in [3.05, 3.63) is 47.8 Å². The van der Waals surface area contributed by atoms with Crippen LogP contribution < -0.4 is 0 Å². The van der Waals surface area contributed by atoms with Gasteiger partial charge in [-0.15, -0.1) is 0 Å². The second-order valence-corrected chi connectivity index (χ2v) is 5.55. The van der Waals surface area contributed by atoms with Gasteiger partial charge in [0.15, 0.2) is 0 Å². The summed E-state index contributed by atoms with van der Waals surface area (Å²) >= 11 is 0. The van der Waals surface area contributed by atoms with Crippen LogP contribution in [0.15, 0.2) is 36.5 Å². The molecule has 0 aliphatic heterocycles. The standard InChI is InChI=1S/C15H18N2O/c1-15(2,18)12-4-3-5-13(10-12)17-14(8-9-16-17)11-6-7-11/h3-5,8-11,18H,6-7H2,1-2H3. The SMILES string of the molecule is CC(C)(O)c1cccc(-n2nccc2C2CC2)c1. The van der Waals surface area contributed by atoms with Crippen LogP contribution in [-0.2, 0) is 5.60 Å². The van der Waals surface area contributed by atoms with Crippen molar-refractivity contribution in [2.24, 2.45) is 0 Å². The Hall–Kier alpha value is -1.61. The van der Waals surface area contributed by atoms with Crippen LogP contribution in [0.4, 0.5) is 0 Å². The van der Waals surface area contributed by atoms with Gasteiger partial charge in [0.1, 0.15) is 0 Å². The molecule has 1 N–H and O–H groups in total. The van der Waals surface area contributed by atoms with Crippen LogP contribution in [0.25, 0.3) is 5.69 Å². The second-order valence-electron chi connectivity index (χ2n) is 5.55. The molecule has 0 unspecified atom stereocenters. The average molecular weight is 242 g/mol. The maximum absolute atomic E-state index is 10.1. The number of hydrogen-bond acceptors (Lipinski definition) is 2. The van der Waals surface area contributed by atoms with E-state index in [4.69, 9.17) is 0 Å². The lowest BCUT2D eigenvalue weighted by molar-refractivity contribution is 0.0786. The van der Waals surface area contributed by atoms with Crippen molar-refractivity contribution >= 4 is 0 Å². The molecular weight excluding hydrogens is 224 g/mol. The van der Waals surface area contributed by atoms with Gasteiger partial charge in [-0.3, -0.25) is 0 Å². The molecule has 2 aromatic rings. The van der Waals surface area contributed by atoms with Crippen molar-refractivity contribution < 1.29 is 5.11 Å². The maximum Gasteiger partial charge on any atom is 0.0841 e. The predicted molar refractivity (Wildman–Crippen MR) is 70.8 cm³/mol. The fourth-order valence-electron chi connectivity index (χ4n) is 2.24. The summed E-state index contributed by atoms with van der Waals surface area (Å²) in [5.74, 6) is 0.665. The molecule has 1 aliphatic rings. The molecule has 94 valence electrons. The quantitative estimate of drug-likeness (QED) is 0.898. The fraction of sp³-hybridized carbons (Fsp3) is 0.400. The average Bonchev–Trinajstić information content (AvgIpc) is 3.06. The first-order valence-electron chi connectivity index (χ1n) is 6.43. The van der Waals surface area contributed by atoms with Crippen LogP contribution in [0, 0.1) is 0 Å². The van der Waals surface area contributed by atoms with E-state index < -0.39 is 5.60 Å². The Labute approximate surface area is 107 Å². The Morgan fingerprint density at radius 3 is 2.72 bits per heavy atom. The van der Waals surface area contributed by atoms with Gasteiger partial charge >= 0.3 is 0 Å². The monoisotopic (exact) mass is 242 g/mol. The minimum Gasteiger partial charge on any atom is -0.386 e. The van der Waals surface area contributed by atoms with E-state index >= 15 is 0 Å². The first-order chi connectivity index (χ1) is 8.55. The molecule has 0 radical (unpaired) electrons. The third-order valence-corrected chi connectivity index (χ3v) is 3.46. The van der Waals surface area contributed by atoms with Gasteiger partial charge in [0.25, 0.3) is 0 Å². The van der Waals surface area contributed by atoms with Gasteiger partial charge in [-0.25, -0.2) is 4.68 Å². The summed E-state index contributed by atoms with van der Waals surface area (Å²) < 4.78 is 1.99. The Balaban J connectivity index is 2.03. The number of benzene rings is 1. The summed E-state index contributed by atoms with van der Waals surface area (Å²) in [6.07, 6.45) is 4.37. The summed E-state index contributed by atoms with van der Waals surface area (Å²) in [4.78, 5) is 0. The van der Waals surface area contributed by atoms with Crippen molar-refractivity contribution in [3.8, 4) is 5.69 Å². The topological polar surface area (TPSA) is 38.0 Å². The molecule has 1 aromatic carbocycles. The smallest absolute Gasteiger partial charge is 0.0841 e. The number of hydrogen-bond donors (Lipinski definition) is 1. The molecule has 1 fully saturated rings. The first kappa shape index (κ1) is 11.5. The fourth-order valence-corrected chi connectivity index (χ4v) is 2.24. The molecule has 1 heterocycles. The van der Waals surface area contributed by atoms with Crippen molar-refractivity contribution in [1.82, 2.24) is 9.78 Å². The van der Waals surface area contributed by atoms with Crippen LogP contribution in [-0.4, -0.2) is 14.9 Å². The molecule has 1 saturated carbocycles. The van der Waals surface area contributed by atoms with Crippen LogP contribution in [0.3, 0.4) is 0 Å². The molecule has 1 aliphatic carbocycles. The zero-order valence-corrected chi connectivity index (χ0v) is 10.8. The number of aromatic nitrogens is 2. The van der Waals surface area contributed by atoms with E-state index in [1.807, 2.05) is 35.1 Å². The lowest BCUT2D eigenvalue weighted by Gasteiger charge is -2.19. The highest BCUT2D eigenvalue weighted by Gasteiger charge is 2.27. The molecule has 0 amide bonds.